The Bertz CT molecular complexity index is 437. The van der Waals surface area contributed by atoms with Crippen molar-refractivity contribution in [2.24, 2.45) is 18.9 Å². The van der Waals surface area contributed by atoms with Crippen LogP contribution in [0.3, 0.4) is 0 Å². The van der Waals surface area contributed by atoms with Crippen molar-refractivity contribution in [2.75, 3.05) is 5.32 Å². The summed E-state index contributed by atoms with van der Waals surface area (Å²) in [6.07, 6.45) is 1.36. The molecule has 0 aliphatic heterocycles. The number of rotatable bonds is 4. The van der Waals surface area contributed by atoms with Crippen LogP contribution in [-0.2, 0) is 11.8 Å². The summed E-state index contributed by atoms with van der Waals surface area (Å²) in [6.45, 7) is 5.66. The van der Waals surface area contributed by atoms with Gasteiger partial charge in [-0.05, 0) is 5.92 Å². The number of aromatic carboxylic acids is 1. The molecule has 1 aromatic rings. The fourth-order valence-corrected chi connectivity index (χ4v) is 1.27. The van der Waals surface area contributed by atoms with Crippen LogP contribution in [0, 0.1) is 11.8 Å². The number of nitrogens with zero attached hydrogens (tertiary/aromatic N) is 2. The Morgan fingerprint density at radius 1 is 1.41 bits per heavy atom. The van der Waals surface area contributed by atoms with Gasteiger partial charge in [-0.15, -0.1) is 0 Å². The van der Waals surface area contributed by atoms with Crippen LogP contribution in [0.4, 0.5) is 5.82 Å². The van der Waals surface area contributed by atoms with Crippen molar-refractivity contribution in [1.82, 2.24) is 9.78 Å². The van der Waals surface area contributed by atoms with Gasteiger partial charge >= 0.3 is 5.97 Å². The summed E-state index contributed by atoms with van der Waals surface area (Å²) in [5.74, 6) is -1.24. The number of carbonyl (C=O) groups is 2. The van der Waals surface area contributed by atoms with Gasteiger partial charge in [0.25, 0.3) is 0 Å². The maximum atomic E-state index is 11.8. The average Bonchev–Trinajstić information content (AvgIpc) is 2.58. The van der Waals surface area contributed by atoms with Gasteiger partial charge in [-0.2, -0.15) is 5.10 Å². The van der Waals surface area contributed by atoms with Gasteiger partial charge < -0.3 is 10.4 Å². The van der Waals surface area contributed by atoms with Gasteiger partial charge in [0.1, 0.15) is 5.56 Å². The van der Waals surface area contributed by atoms with Crippen molar-refractivity contribution in [3.05, 3.63) is 11.8 Å². The number of carbonyl (C=O) groups excluding carboxylic acids is 1. The Morgan fingerprint density at radius 2 is 2.00 bits per heavy atom. The lowest BCUT2D eigenvalue weighted by Gasteiger charge is -2.14. The molecule has 0 fully saturated rings. The van der Waals surface area contributed by atoms with E-state index in [0.29, 0.717) is 0 Å². The SMILES string of the molecule is CC(C)C(C)C(=O)Nc1nn(C)cc1C(=O)O. The van der Waals surface area contributed by atoms with E-state index in [-0.39, 0.29) is 29.1 Å². The highest BCUT2D eigenvalue weighted by Gasteiger charge is 2.21. The number of aromatic nitrogens is 2. The largest absolute Gasteiger partial charge is 0.477 e. The predicted molar refractivity (Wildman–Crippen MR) is 62.8 cm³/mol. The fourth-order valence-electron chi connectivity index (χ4n) is 1.27. The zero-order valence-electron chi connectivity index (χ0n) is 10.4. The topological polar surface area (TPSA) is 84.2 Å². The molecule has 1 atom stereocenters. The minimum atomic E-state index is -1.11. The highest BCUT2D eigenvalue weighted by Crippen LogP contribution is 2.16. The van der Waals surface area contributed by atoms with E-state index in [0.717, 1.165) is 0 Å². The quantitative estimate of drug-likeness (QED) is 0.830. The average molecular weight is 239 g/mol. The smallest absolute Gasteiger partial charge is 0.341 e. The molecular formula is C11H17N3O3. The third kappa shape index (κ3) is 3.05. The van der Waals surface area contributed by atoms with Crippen LogP contribution in [0.15, 0.2) is 6.20 Å². The van der Waals surface area contributed by atoms with E-state index >= 15 is 0 Å². The molecule has 0 aliphatic rings. The Morgan fingerprint density at radius 3 is 2.47 bits per heavy atom. The van der Waals surface area contributed by atoms with Gasteiger partial charge in [0, 0.05) is 19.2 Å². The van der Waals surface area contributed by atoms with Crippen molar-refractivity contribution in [1.29, 1.82) is 0 Å². The molecule has 1 rings (SSSR count). The number of aryl methyl sites for hydroxylation is 1. The molecule has 1 unspecified atom stereocenters. The Kier molecular flexibility index (Phi) is 3.88. The summed E-state index contributed by atoms with van der Waals surface area (Å²) in [5.41, 5.74) is -0.00296. The summed E-state index contributed by atoms with van der Waals surface area (Å²) >= 11 is 0. The lowest BCUT2D eigenvalue weighted by Crippen LogP contribution is -2.25. The molecule has 1 heterocycles. The number of hydrogen-bond acceptors (Lipinski definition) is 3. The molecule has 17 heavy (non-hydrogen) atoms. The Labute approximate surface area is 99.6 Å². The highest BCUT2D eigenvalue weighted by atomic mass is 16.4. The summed E-state index contributed by atoms with van der Waals surface area (Å²) < 4.78 is 1.36. The predicted octanol–water partition coefficient (Wildman–Crippen LogP) is 1.35. The minimum absolute atomic E-state index is 0.00296. The number of carboxylic acid groups (broad SMARTS) is 1. The van der Waals surface area contributed by atoms with Crippen molar-refractivity contribution in [3.8, 4) is 0 Å². The van der Waals surface area contributed by atoms with Crippen molar-refractivity contribution >= 4 is 17.7 Å². The first kappa shape index (κ1) is 13.2. The molecule has 0 aromatic carbocycles. The van der Waals surface area contributed by atoms with Crippen LogP contribution in [0.2, 0.25) is 0 Å². The third-order valence-electron chi connectivity index (χ3n) is 2.71. The van der Waals surface area contributed by atoms with Crippen LogP contribution >= 0.6 is 0 Å². The molecule has 2 N–H and O–H groups in total. The maximum Gasteiger partial charge on any atom is 0.341 e. The lowest BCUT2D eigenvalue weighted by atomic mass is 9.97. The van der Waals surface area contributed by atoms with E-state index in [1.165, 1.54) is 10.9 Å². The first-order valence-corrected chi connectivity index (χ1v) is 5.40. The van der Waals surface area contributed by atoms with Gasteiger partial charge in [-0.1, -0.05) is 20.8 Å². The van der Waals surface area contributed by atoms with E-state index in [1.807, 2.05) is 13.8 Å². The van der Waals surface area contributed by atoms with Crippen LogP contribution in [0.5, 0.6) is 0 Å². The standard InChI is InChI=1S/C11H17N3O3/c1-6(2)7(3)10(15)12-9-8(11(16)17)5-14(4)13-9/h5-7H,1-4H3,(H,16,17)(H,12,13,15). The first-order chi connectivity index (χ1) is 7.82. The van der Waals surface area contributed by atoms with Crippen LogP contribution in [0.1, 0.15) is 31.1 Å². The van der Waals surface area contributed by atoms with Crippen LogP contribution in [-0.4, -0.2) is 26.8 Å². The molecule has 0 aliphatic carbocycles. The third-order valence-corrected chi connectivity index (χ3v) is 2.71. The van der Waals surface area contributed by atoms with Crippen molar-refractivity contribution in [2.45, 2.75) is 20.8 Å². The van der Waals surface area contributed by atoms with Crippen molar-refractivity contribution in [3.63, 3.8) is 0 Å². The number of hydrogen-bond donors (Lipinski definition) is 2. The molecular weight excluding hydrogens is 222 g/mol. The van der Waals surface area contributed by atoms with Gasteiger partial charge in [-0.25, -0.2) is 4.79 Å². The first-order valence-electron chi connectivity index (χ1n) is 5.40. The molecule has 0 saturated heterocycles. The van der Waals surface area contributed by atoms with E-state index in [9.17, 15) is 9.59 Å². The molecule has 1 amide bonds. The second kappa shape index (κ2) is 4.99. The monoisotopic (exact) mass is 239 g/mol. The Hall–Kier alpha value is -1.85. The number of anilines is 1. The van der Waals surface area contributed by atoms with Gasteiger partial charge in [0.2, 0.25) is 5.91 Å². The highest BCUT2D eigenvalue weighted by molar-refractivity contribution is 5.99. The second-order valence-electron chi connectivity index (χ2n) is 4.39. The molecule has 0 spiro atoms. The van der Waals surface area contributed by atoms with Gasteiger partial charge in [-0.3, -0.25) is 9.48 Å². The normalized spacial score (nSPS) is 12.5. The van der Waals surface area contributed by atoms with E-state index in [4.69, 9.17) is 5.11 Å². The van der Waals surface area contributed by atoms with Crippen LogP contribution in [0.25, 0.3) is 0 Å². The van der Waals surface area contributed by atoms with E-state index in [2.05, 4.69) is 10.4 Å². The summed E-state index contributed by atoms with van der Waals surface area (Å²) in [7, 11) is 1.61. The summed E-state index contributed by atoms with van der Waals surface area (Å²) in [5, 5.41) is 15.4. The number of amides is 1. The number of nitrogens with one attached hydrogen (secondary N) is 1. The van der Waals surface area contributed by atoms with E-state index < -0.39 is 5.97 Å². The Balaban J connectivity index is 2.88. The zero-order chi connectivity index (χ0) is 13.2. The van der Waals surface area contributed by atoms with Crippen molar-refractivity contribution < 1.29 is 14.7 Å². The fraction of sp³-hybridized carbons (Fsp3) is 0.545. The van der Waals surface area contributed by atoms with Crippen LogP contribution < -0.4 is 5.32 Å². The zero-order valence-corrected chi connectivity index (χ0v) is 10.4. The molecule has 1 aromatic heterocycles. The second-order valence-corrected chi connectivity index (χ2v) is 4.39. The molecule has 94 valence electrons. The molecule has 6 heteroatoms. The van der Waals surface area contributed by atoms with Gasteiger partial charge in [0.05, 0.1) is 0 Å². The molecule has 0 bridgehead atoms. The van der Waals surface area contributed by atoms with E-state index in [1.54, 1.807) is 14.0 Å². The molecule has 0 saturated carbocycles. The van der Waals surface area contributed by atoms with Gasteiger partial charge in [0.15, 0.2) is 5.82 Å². The maximum absolute atomic E-state index is 11.8. The summed E-state index contributed by atoms with van der Waals surface area (Å²) in [6, 6.07) is 0. The molecule has 0 radical (unpaired) electrons. The number of carboxylic acids is 1. The lowest BCUT2D eigenvalue weighted by molar-refractivity contribution is -0.120. The summed E-state index contributed by atoms with van der Waals surface area (Å²) in [4.78, 5) is 22.7. The molecule has 6 nitrogen and oxygen atoms in total. The minimum Gasteiger partial charge on any atom is -0.477 e.